The fraction of sp³-hybridized carbons (Fsp3) is 0.350. The molecule has 0 spiro atoms. The number of likely N-dealkylation sites (tertiary alicyclic amines) is 1. The molecule has 6 nitrogen and oxygen atoms in total. The van der Waals surface area contributed by atoms with E-state index in [1.54, 1.807) is 53.6 Å². The smallest absolute Gasteiger partial charge is 0.246 e. The van der Waals surface area contributed by atoms with E-state index in [1.807, 2.05) is 6.92 Å². The summed E-state index contributed by atoms with van der Waals surface area (Å²) in [5.74, 6) is 0.817. The van der Waals surface area contributed by atoms with Gasteiger partial charge in [0.25, 0.3) is 0 Å². The first-order chi connectivity index (χ1) is 12.9. The lowest BCUT2D eigenvalue weighted by Gasteiger charge is -2.31. The van der Waals surface area contributed by atoms with Crippen molar-refractivity contribution in [2.24, 2.45) is 5.92 Å². The molecule has 0 radical (unpaired) electrons. The topological polar surface area (TPSA) is 79.6 Å². The third kappa shape index (κ3) is 5.30. The molecule has 27 heavy (non-hydrogen) atoms. The average molecular weight is 388 g/mol. The number of sulfonamides is 1. The molecule has 7 heteroatoms. The van der Waals surface area contributed by atoms with Crippen LogP contribution >= 0.6 is 0 Å². The zero-order valence-corrected chi connectivity index (χ0v) is 16.1. The van der Waals surface area contributed by atoms with E-state index in [9.17, 15) is 13.2 Å². The SMILES string of the molecule is Cc1ccc(S(=O)(=O)NCC2CCN(C(=O)/C=C/c3ccco3)CC2)cc1. The minimum absolute atomic E-state index is 0.0508. The number of rotatable bonds is 6. The van der Waals surface area contributed by atoms with Crippen molar-refractivity contribution >= 4 is 22.0 Å². The Bertz CT molecular complexity index is 879. The monoisotopic (exact) mass is 388 g/mol. The van der Waals surface area contributed by atoms with Gasteiger partial charge in [0, 0.05) is 25.7 Å². The van der Waals surface area contributed by atoms with E-state index in [1.165, 1.54) is 6.08 Å². The maximum absolute atomic E-state index is 12.4. The van der Waals surface area contributed by atoms with E-state index >= 15 is 0 Å². The van der Waals surface area contributed by atoms with Gasteiger partial charge in [-0.1, -0.05) is 17.7 Å². The van der Waals surface area contributed by atoms with Crippen LogP contribution in [0.3, 0.4) is 0 Å². The van der Waals surface area contributed by atoms with E-state index in [4.69, 9.17) is 4.42 Å². The van der Waals surface area contributed by atoms with Gasteiger partial charge >= 0.3 is 0 Å². The Morgan fingerprint density at radius 3 is 2.56 bits per heavy atom. The highest BCUT2D eigenvalue weighted by atomic mass is 32.2. The van der Waals surface area contributed by atoms with E-state index < -0.39 is 10.0 Å². The van der Waals surface area contributed by atoms with Crippen molar-refractivity contribution in [3.05, 3.63) is 60.1 Å². The van der Waals surface area contributed by atoms with Gasteiger partial charge in [-0.2, -0.15) is 0 Å². The first kappa shape index (κ1) is 19.4. The van der Waals surface area contributed by atoms with Crippen molar-refractivity contribution in [2.75, 3.05) is 19.6 Å². The molecule has 0 saturated carbocycles. The Hall–Kier alpha value is -2.38. The van der Waals surface area contributed by atoms with E-state index in [2.05, 4.69) is 4.72 Å². The lowest BCUT2D eigenvalue weighted by Crippen LogP contribution is -2.40. The van der Waals surface area contributed by atoms with Crippen molar-refractivity contribution in [1.29, 1.82) is 0 Å². The highest BCUT2D eigenvalue weighted by molar-refractivity contribution is 7.89. The maximum atomic E-state index is 12.4. The van der Waals surface area contributed by atoms with Gasteiger partial charge in [0.15, 0.2) is 0 Å². The molecule has 1 aromatic heterocycles. The van der Waals surface area contributed by atoms with Crippen LogP contribution in [0.1, 0.15) is 24.2 Å². The van der Waals surface area contributed by atoms with Crippen LogP contribution in [0.5, 0.6) is 0 Å². The highest BCUT2D eigenvalue weighted by Crippen LogP contribution is 2.18. The molecule has 144 valence electrons. The molecule has 1 aliphatic heterocycles. The third-order valence-corrected chi connectivity index (χ3v) is 6.19. The van der Waals surface area contributed by atoms with Crippen molar-refractivity contribution in [2.45, 2.75) is 24.7 Å². The lowest BCUT2D eigenvalue weighted by atomic mass is 9.97. The zero-order chi connectivity index (χ0) is 19.3. The fourth-order valence-electron chi connectivity index (χ4n) is 3.03. The molecule has 0 atom stereocenters. The molecule has 0 unspecified atom stereocenters. The second-order valence-corrected chi connectivity index (χ2v) is 8.55. The minimum Gasteiger partial charge on any atom is -0.465 e. The van der Waals surface area contributed by atoms with Crippen LogP contribution in [0.2, 0.25) is 0 Å². The van der Waals surface area contributed by atoms with E-state index in [0.717, 1.165) is 18.4 Å². The Morgan fingerprint density at radius 2 is 1.93 bits per heavy atom. The van der Waals surface area contributed by atoms with Gasteiger partial charge in [0.2, 0.25) is 15.9 Å². The van der Waals surface area contributed by atoms with Gasteiger partial charge in [0.1, 0.15) is 5.76 Å². The molecule has 2 aromatic rings. The maximum Gasteiger partial charge on any atom is 0.246 e. The molecule has 1 amide bonds. The van der Waals surface area contributed by atoms with Crippen LogP contribution < -0.4 is 4.72 Å². The number of hydrogen-bond donors (Lipinski definition) is 1. The summed E-state index contributed by atoms with van der Waals surface area (Å²) in [7, 11) is -3.49. The summed E-state index contributed by atoms with van der Waals surface area (Å²) in [5.41, 5.74) is 1.02. The number of hydrogen-bond acceptors (Lipinski definition) is 4. The summed E-state index contributed by atoms with van der Waals surface area (Å²) in [5, 5.41) is 0. The molecule has 0 bridgehead atoms. The number of piperidine rings is 1. The van der Waals surface area contributed by atoms with Crippen LogP contribution in [-0.4, -0.2) is 38.9 Å². The summed E-state index contributed by atoms with van der Waals surface area (Å²) < 4.78 is 32.6. The van der Waals surface area contributed by atoms with Gasteiger partial charge < -0.3 is 9.32 Å². The summed E-state index contributed by atoms with van der Waals surface area (Å²) in [6, 6.07) is 10.4. The van der Waals surface area contributed by atoms with E-state index in [-0.39, 0.29) is 16.7 Å². The molecule has 0 aliphatic carbocycles. The van der Waals surface area contributed by atoms with Crippen LogP contribution in [0.15, 0.2) is 58.1 Å². The molecule has 1 fully saturated rings. The number of carbonyl (C=O) groups is 1. The second-order valence-electron chi connectivity index (χ2n) is 6.78. The van der Waals surface area contributed by atoms with Crippen molar-refractivity contribution < 1.29 is 17.6 Å². The third-order valence-electron chi connectivity index (χ3n) is 4.75. The molecule has 1 aromatic carbocycles. The van der Waals surface area contributed by atoms with Crippen LogP contribution in [0, 0.1) is 12.8 Å². The van der Waals surface area contributed by atoms with Gasteiger partial charge in [-0.05, 0) is 56.0 Å². The quantitative estimate of drug-likeness (QED) is 0.772. The van der Waals surface area contributed by atoms with Gasteiger partial charge in [-0.15, -0.1) is 0 Å². The van der Waals surface area contributed by atoms with Gasteiger partial charge in [-0.3, -0.25) is 4.79 Å². The number of carbonyl (C=O) groups excluding carboxylic acids is 1. The molecule has 1 N–H and O–H groups in total. The van der Waals surface area contributed by atoms with Gasteiger partial charge in [0.05, 0.1) is 11.2 Å². The lowest BCUT2D eigenvalue weighted by molar-refractivity contribution is -0.127. The van der Waals surface area contributed by atoms with E-state index in [0.29, 0.717) is 25.4 Å². The number of amides is 1. The highest BCUT2D eigenvalue weighted by Gasteiger charge is 2.23. The second kappa shape index (κ2) is 8.54. The molecule has 2 heterocycles. The van der Waals surface area contributed by atoms with Crippen LogP contribution in [0.4, 0.5) is 0 Å². The summed E-state index contributed by atoms with van der Waals surface area (Å²) >= 11 is 0. The molecule has 1 saturated heterocycles. The van der Waals surface area contributed by atoms with Crippen molar-refractivity contribution in [3.63, 3.8) is 0 Å². The predicted octanol–water partition coefficient (Wildman–Crippen LogP) is 2.82. The predicted molar refractivity (Wildman–Crippen MR) is 103 cm³/mol. The Morgan fingerprint density at radius 1 is 1.22 bits per heavy atom. The molecular formula is C20H24N2O4S. The first-order valence-corrected chi connectivity index (χ1v) is 10.5. The molecule has 1 aliphatic rings. The standard InChI is InChI=1S/C20H24N2O4S/c1-16-4-7-19(8-5-16)27(24,25)21-15-17-10-12-22(13-11-17)20(23)9-6-18-3-2-14-26-18/h2-9,14,17,21H,10-13,15H2,1H3/b9-6+. The van der Waals surface area contributed by atoms with Crippen molar-refractivity contribution in [1.82, 2.24) is 9.62 Å². The van der Waals surface area contributed by atoms with Gasteiger partial charge in [-0.25, -0.2) is 13.1 Å². The number of nitrogens with one attached hydrogen (secondary N) is 1. The largest absolute Gasteiger partial charge is 0.465 e. The Balaban J connectivity index is 1.46. The summed E-state index contributed by atoms with van der Waals surface area (Å²) in [6.45, 7) is 3.56. The minimum atomic E-state index is -3.49. The first-order valence-electron chi connectivity index (χ1n) is 9.01. The van der Waals surface area contributed by atoms with Crippen LogP contribution in [0.25, 0.3) is 6.08 Å². The van der Waals surface area contributed by atoms with Crippen LogP contribution in [-0.2, 0) is 14.8 Å². The Kier molecular flexibility index (Phi) is 6.13. The fourth-order valence-corrected chi connectivity index (χ4v) is 4.15. The number of nitrogens with zero attached hydrogens (tertiary/aromatic N) is 1. The summed E-state index contributed by atoms with van der Waals surface area (Å²) in [4.78, 5) is 14.3. The molecular weight excluding hydrogens is 364 g/mol. The number of aryl methyl sites for hydroxylation is 1. The van der Waals surface area contributed by atoms with Crippen molar-refractivity contribution in [3.8, 4) is 0 Å². The Labute approximate surface area is 159 Å². The molecule has 3 rings (SSSR count). The number of furan rings is 1. The zero-order valence-electron chi connectivity index (χ0n) is 15.3. The average Bonchev–Trinajstić information content (AvgIpc) is 3.19. The normalized spacial score (nSPS) is 16.1. The summed E-state index contributed by atoms with van der Waals surface area (Å²) in [6.07, 6.45) is 6.28. The number of benzene rings is 1.